The monoisotopic (exact) mass is 2010 g/mol. The van der Waals surface area contributed by atoms with Gasteiger partial charge >= 0.3 is 48.6 Å². The summed E-state index contributed by atoms with van der Waals surface area (Å²) in [7, 11) is 0. The average Bonchev–Trinajstić information content (AvgIpc) is 0.822. The number of nitrogens with one attached hydrogen (secondary N) is 5. The van der Waals surface area contributed by atoms with Crippen LogP contribution >= 0.6 is 66.7 Å². The lowest BCUT2D eigenvalue weighted by atomic mass is 10.1. The molecule has 0 unspecified atom stereocenters. The molecular formula is C88H75Br2Cl3F11N5O21. The lowest BCUT2D eigenvalue weighted by Crippen LogP contribution is -2.17. The van der Waals surface area contributed by atoms with E-state index in [1.54, 1.807) is 77.1 Å². The predicted molar refractivity (Wildman–Crippen MR) is 463 cm³/mol. The van der Waals surface area contributed by atoms with Crippen LogP contribution in [0.3, 0.4) is 0 Å². The number of carboxylic acids is 5. The number of amides is 5. The van der Waals surface area contributed by atoms with E-state index in [0.717, 1.165) is 28.7 Å². The Kier molecular flexibility index (Phi) is 40.1. The van der Waals surface area contributed by atoms with Crippen LogP contribution in [0.2, 0.25) is 15.1 Å². The Labute approximate surface area is 764 Å². The molecule has 0 heterocycles. The number of alkyl halides is 9. The third-order valence-electron chi connectivity index (χ3n) is 17.0. The molecule has 0 bridgehead atoms. The van der Waals surface area contributed by atoms with Crippen LogP contribution in [0.4, 0.5) is 76.7 Å². The molecule has 42 heteroatoms. The van der Waals surface area contributed by atoms with Crippen molar-refractivity contribution in [2.24, 2.45) is 0 Å². The number of carbonyl (C=O) groups excluding carboxylic acids is 5. The highest BCUT2D eigenvalue weighted by Gasteiger charge is 2.36. The molecule has 0 radical (unpaired) electrons. The minimum Gasteiger partial charge on any atom is -0.489 e. The molecule has 0 atom stereocenters. The summed E-state index contributed by atoms with van der Waals surface area (Å²) < 4.78 is 172. The van der Waals surface area contributed by atoms with Crippen molar-refractivity contribution in [3.8, 4) is 34.5 Å². The van der Waals surface area contributed by atoms with Gasteiger partial charge in [-0.1, -0.05) is 99.8 Å². The molecule has 0 fully saturated rings. The van der Waals surface area contributed by atoms with Gasteiger partial charge < -0.3 is 80.5 Å². The van der Waals surface area contributed by atoms with Gasteiger partial charge in [0, 0.05) is 42.6 Å². The number of hydrogen-bond acceptors (Lipinski definition) is 16. The van der Waals surface area contributed by atoms with E-state index in [1.807, 2.05) is 0 Å². The van der Waals surface area contributed by atoms with Crippen molar-refractivity contribution in [1.82, 2.24) is 0 Å². The molecular weight excluding hydrogens is 1940 g/mol. The number of hydrogen-bond donors (Lipinski definition) is 10. The average molecular weight is 2010 g/mol. The molecule has 0 saturated carbocycles. The first-order chi connectivity index (χ1) is 61.1. The van der Waals surface area contributed by atoms with E-state index in [2.05, 4.69) is 63.2 Å². The van der Waals surface area contributed by atoms with Gasteiger partial charge in [0.2, 0.25) is 29.5 Å². The summed E-state index contributed by atoms with van der Waals surface area (Å²) >= 11 is 23.5. The summed E-state index contributed by atoms with van der Waals surface area (Å²) in [5.74, 6) is -9.06. The lowest BCUT2D eigenvalue weighted by molar-refractivity contribution is -0.275. The predicted octanol–water partition coefficient (Wildman–Crippen LogP) is 23.3. The summed E-state index contributed by atoms with van der Waals surface area (Å²) in [6.45, 7) is 8.05. The highest BCUT2D eigenvalue weighted by atomic mass is 79.9. The third kappa shape index (κ3) is 34.1. The first-order valence-electron chi connectivity index (χ1n) is 37.8. The van der Waals surface area contributed by atoms with Crippen molar-refractivity contribution >= 4 is 154 Å². The van der Waals surface area contributed by atoms with Crippen LogP contribution in [0.5, 0.6) is 34.5 Å². The molecule has 0 aliphatic heterocycles. The summed E-state index contributed by atoms with van der Waals surface area (Å²) in [6.07, 6.45) is -13.2. The topological polar surface area (TPSA) is 387 Å². The first-order valence-corrected chi connectivity index (χ1v) is 40.5. The van der Waals surface area contributed by atoms with E-state index >= 15 is 0 Å². The number of carbonyl (C=O) groups is 10. The van der Waals surface area contributed by atoms with Crippen molar-refractivity contribution in [1.29, 1.82) is 0 Å². The van der Waals surface area contributed by atoms with Crippen LogP contribution in [-0.4, -0.2) is 91.3 Å². The quantitative estimate of drug-likeness (QED) is 0.0180. The Bertz CT molecular complexity index is 5520. The second-order valence-corrected chi connectivity index (χ2v) is 29.4. The number of rotatable bonds is 31. The van der Waals surface area contributed by atoms with E-state index in [4.69, 9.17) is 58.5 Å². The molecule has 10 rings (SSSR count). The fraction of sp³-hybridized carbons (Fsp3) is 0.205. The maximum Gasteiger partial charge on any atom is 0.573 e. The van der Waals surface area contributed by atoms with Gasteiger partial charge in [-0.2, -0.15) is 26.3 Å². The minimum atomic E-state index is -4.86. The standard InChI is InChI=1S/C18H15BrF3NO5.C18H15ClF3NO4.C18H15F4NO4.C17H15BrClNO4.C17H15ClFNO4/c1-2-16(24)23-14-5-3-10(7-12(14)17(25)26)9-27-11-4-6-15(13(19)8-11)28-18(20,21)22;2*1-2-16(24)23-15-6-3-10(7-12(15)17(25)26)9-27-11-4-5-14(19)13(8-11)18(20,21)22;1-2-16(21)20-15-6-3-10(7-12(15)17(22)23)9-24-11-4-5-13(18)14(19)8-11;1-2-16(21)20-15-6-3-10(7-12(15)17(22)23)9-24-11-4-5-14(19)13(18)8-11/h3-8H,2,9H2,1H3,(H,23,24)(H,25,26);2*3-8H,2,9H2,1H3,(H,23,24)(H,25,26);2*3-8H,2,9H2,1H3,(H,20,21)(H,22,23). The molecule has 5 amide bonds. The fourth-order valence-corrected chi connectivity index (χ4v) is 11.6. The Balaban J connectivity index is 0.000000251. The molecule has 10 aromatic carbocycles. The zero-order valence-electron chi connectivity index (χ0n) is 68.2. The summed E-state index contributed by atoms with van der Waals surface area (Å²) in [5.41, 5.74) is 0.467. The summed E-state index contributed by atoms with van der Waals surface area (Å²) in [5, 5.41) is 59.0. The van der Waals surface area contributed by atoms with Gasteiger partial charge in [-0.15, -0.1) is 13.2 Å². The normalized spacial score (nSPS) is 10.8. The van der Waals surface area contributed by atoms with Crippen molar-refractivity contribution in [2.75, 3.05) is 26.6 Å². The number of aromatic carboxylic acids is 5. The molecule has 0 saturated heterocycles. The van der Waals surface area contributed by atoms with Gasteiger partial charge in [-0.25, -0.2) is 32.8 Å². The minimum absolute atomic E-state index is 0.0201. The van der Waals surface area contributed by atoms with Crippen LogP contribution in [0.25, 0.3) is 0 Å². The fourth-order valence-electron chi connectivity index (χ4n) is 10.4. The molecule has 26 nitrogen and oxygen atoms in total. The van der Waals surface area contributed by atoms with Gasteiger partial charge in [-0.05, 0) is 205 Å². The molecule has 0 aliphatic carbocycles. The van der Waals surface area contributed by atoms with E-state index in [1.165, 1.54) is 103 Å². The Hall–Kier alpha value is -13.2. The molecule has 0 aromatic heterocycles. The third-order valence-corrected chi connectivity index (χ3v) is 19.4. The van der Waals surface area contributed by atoms with Gasteiger partial charge in [0.15, 0.2) is 0 Å². The highest BCUT2D eigenvalue weighted by molar-refractivity contribution is 9.11. The molecule has 0 aliphatic rings. The van der Waals surface area contributed by atoms with Crippen LogP contribution < -0.4 is 55.0 Å². The van der Waals surface area contributed by atoms with Crippen molar-refractivity contribution in [3.63, 3.8) is 0 Å². The largest absolute Gasteiger partial charge is 0.573 e. The van der Waals surface area contributed by atoms with Crippen molar-refractivity contribution < 1.29 is 150 Å². The first kappa shape index (κ1) is 106. The summed E-state index contributed by atoms with van der Waals surface area (Å²) in [4.78, 5) is 114. The van der Waals surface area contributed by atoms with E-state index < -0.39 is 82.1 Å². The van der Waals surface area contributed by atoms with Gasteiger partial charge in [0.25, 0.3) is 0 Å². The van der Waals surface area contributed by atoms with Crippen LogP contribution in [0.15, 0.2) is 191 Å². The van der Waals surface area contributed by atoms with E-state index in [9.17, 15) is 122 Å². The maximum absolute atomic E-state index is 13.3. The van der Waals surface area contributed by atoms with E-state index in [0.29, 0.717) is 56.5 Å². The number of halogens is 16. The molecule has 0 spiro atoms. The van der Waals surface area contributed by atoms with Crippen LogP contribution in [-0.2, 0) is 69.4 Å². The lowest BCUT2D eigenvalue weighted by Gasteiger charge is -2.13. The molecule has 10 N–H and O–H groups in total. The number of ether oxygens (including phenoxy) is 6. The van der Waals surface area contributed by atoms with Gasteiger partial charge in [-0.3, -0.25) is 24.0 Å². The summed E-state index contributed by atoms with van der Waals surface area (Å²) in [6, 6.07) is 40.1. The van der Waals surface area contributed by atoms with Gasteiger partial charge in [0.1, 0.15) is 79.2 Å². The van der Waals surface area contributed by atoms with Gasteiger partial charge in [0.05, 0.1) is 86.9 Å². The Morgan fingerprint density at radius 3 is 0.838 bits per heavy atom. The van der Waals surface area contributed by atoms with Crippen LogP contribution in [0, 0.1) is 11.6 Å². The number of carboxylic acid groups (broad SMARTS) is 5. The molecule has 690 valence electrons. The van der Waals surface area contributed by atoms with Crippen molar-refractivity contribution in [3.05, 3.63) is 284 Å². The van der Waals surface area contributed by atoms with Crippen molar-refractivity contribution in [2.45, 2.75) is 118 Å². The zero-order valence-corrected chi connectivity index (χ0v) is 73.6. The van der Waals surface area contributed by atoms with Crippen LogP contribution in [0.1, 0.15) is 157 Å². The number of anilines is 5. The maximum atomic E-state index is 13.3. The molecule has 130 heavy (non-hydrogen) atoms. The Morgan fingerprint density at radius 2 is 0.569 bits per heavy atom. The number of benzene rings is 10. The highest BCUT2D eigenvalue weighted by Crippen LogP contribution is 2.40. The zero-order chi connectivity index (χ0) is 96.7. The smallest absolute Gasteiger partial charge is 0.489 e. The Morgan fingerprint density at radius 1 is 0.308 bits per heavy atom. The second-order valence-electron chi connectivity index (χ2n) is 26.4. The second kappa shape index (κ2) is 49.4. The molecule has 10 aromatic rings. The SMILES string of the molecule is CCC(=O)Nc1ccc(COc2ccc(Br)c(Cl)c2)cc1C(=O)O.CCC(=O)Nc1ccc(COc2ccc(Cl)c(C(F)(F)F)c2)cc1C(=O)O.CCC(=O)Nc1ccc(COc2ccc(F)c(C(F)(F)F)c2)cc1C(=O)O.CCC(=O)Nc1ccc(COc2ccc(F)c(Cl)c2)cc1C(=O)O.CCC(=O)Nc1ccc(COc2ccc(OC(F)(F)F)c(Br)c2)cc1C(=O)O. The van der Waals surface area contributed by atoms with E-state index in [-0.39, 0.29) is 178 Å².